The number of nitrogens with two attached hydrogens (primary N) is 1. The Labute approximate surface area is 182 Å². The number of carbonyl (C=O) groups is 1. The zero-order valence-corrected chi connectivity index (χ0v) is 18.2. The number of nitrogens with one attached hydrogen (secondary N) is 1. The second kappa shape index (κ2) is 6.96. The molecule has 2 aliphatic rings. The molecule has 1 aromatic heterocycles. The second-order valence-corrected chi connectivity index (χ2v) is 10.7. The molecule has 2 atom stereocenters. The molecule has 0 unspecified atom stereocenters. The molecule has 1 aliphatic heterocycles. The number of alkyl halides is 1. The van der Waals surface area contributed by atoms with E-state index < -0.39 is 37.4 Å². The highest BCUT2D eigenvalue weighted by molar-refractivity contribution is 7.94. The Hall–Kier alpha value is -2.59. The van der Waals surface area contributed by atoms with Crippen LogP contribution in [-0.4, -0.2) is 35.4 Å². The van der Waals surface area contributed by atoms with Gasteiger partial charge in [-0.25, -0.2) is 22.2 Å². The summed E-state index contributed by atoms with van der Waals surface area (Å²) in [5.74, 6) is -1.69. The molecule has 1 saturated carbocycles. The van der Waals surface area contributed by atoms with Crippen molar-refractivity contribution in [2.45, 2.75) is 42.5 Å². The molecule has 7 nitrogen and oxygen atoms in total. The minimum Gasteiger partial charge on any atom is -0.386 e. The van der Waals surface area contributed by atoms with E-state index in [4.69, 9.17) is 17.3 Å². The summed E-state index contributed by atoms with van der Waals surface area (Å²) in [6.45, 7) is 2.82. The molecule has 1 spiro atoms. The number of halogens is 3. The van der Waals surface area contributed by atoms with Crippen molar-refractivity contribution in [3.05, 3.63) is 58.1 Å². The van der Waals surface area contributed by atoms with Crippen molar-refractivity contribution < 1.29 is 22.0 Å². The van der Waals surface area contributed by atoms with Gasteiger partial charge in [-0.1, -0.05) is 11.6 Å². The number of sulfone groups is 1. The molecule has 4 rings (SSSR count). The largest absolute Gasteiger partial charge is 0.386 e. The number of carbonyl (C=O) groups excluding carboxylic acids is 1. The average Bonchev–Trinajstić information content (AvgIpc) is 3.50. The minimum absolute atomic E-state index is 0.100. The Morgan fingerprint density at radius 2 is 2.00 bits per heavy atom. The van der Waals surface area contributed by atoms with E-state index in [0.717, 1.165) is 12.1 Å². The maximum absolute atomic E-state index is 15.3. The molecule has 0 saturated heterocycles. The minimum atomic E-state index is -4.34. The molecule has 1 aromatic carbocycles. The number of hydrogen-bond donors (Lipinski definition) is 2. The zero-order chi connectivity index (χ0) is 22.8. The fraction of sp³-hybridized carbons (Fsp3) is 0.350. The van der Waals surface area contributed by atoms with E-state index in [-0.39, 0.29) is 35.6 Å². The molecule has 2 aromatic rings. The van der Waals surface area contributed by atoms with Crippen LogP contribution in [0.4, 0.5) is 14.5 Å². The Bertz CT molecular complexity index is 1250. The van der Waals surface area contributed by atoms with Gasteiger partial charge in [0, 0.05) is 17.4 Å². The van der Waals surface area contributed by atoms with E-state index in [1.54, 1.807) is 13.0 Å². The Kier molecular flexibility index (Phi) is 4.86. The van der Waals surface area contributed by atoms with Gasteiger partial charge in [0.15, 0.2) is 9.84 Å². The summed E-state index contributed by atoms with van der Waals surface area (Å²) in [6, 6.07) is 4.99. The highest BCUT2D eigenvalue weighted by atomic mass is 35.5. The van der Waals surface area contributed by atoms with Gasteiger partial charge in [-0.05, 0) is 56.5 Å². The van der Waals surface area contributed by atoms with Crippen LogP contribution in [0, 0.1) is 12.7 Å². The summed E-state index contributed by atoms with van der Waals surface area (Å²) < 4.78 is 54.1. The highest BCUT2D eigenvalue weighted by Crippen LogP contribution is 2.53. The van der Waals surface area contributed by atoms with Crippen LogP contribution in [0.5, 0.6) is 0 Å². The van der Waals surface area contributed by atoms with Crippen LogP contribution in [-0.2, 0) is 15.4 Å². The first-order chi connectivity index (χ1) is 14.4. The number of rotatable bonds is 3. The second-order valence-electron chi connectivity index (χ2n) is 7.97. The van der Waals surface area contributed by atoms with Crippen LogP contribution in [0.3, 0.4) is 0 Å². The summed E-state index contributed by atoms with van der Waals surface area (Å²) in [7, 11) is -4.34. The van der Waals surface area contributed by atoms with Crippen LogP contribution < -0.4 is 11.1 Å². The van der Waals surface area contributed by atoms with Crippen LogP contribution in [0.2, 0.25) is 5.02 Å². The smallest absolute Gasteiger partial charge is 0.274 e. The van der Waals surface area contributed by atoms with Crippen LogP contribution >= 0.6 is 11.6 Å². The number of amides is 1. The Balaban J connectivity index is 1.73. The van der Waals surface area contributed by atoms with Crippen molar-refractivity contribution in [2.24, 2.45) is 10.7 Å². The normalized spacial score (nSPS) is 25.7. The summed E-state index contributed by atoms with van der Waals surface area (Å²) in [5.41, 5.74) is 1.70. The lowest BCUT2D eigenvalue weighted by atomic mass is 9.92. The van der Waals surface area contributed by atoms with Gasteiger partial charge in [0.1, 0.15) is 27.6 Å². The number of benzene rings is 1. The maximum atomic E-state index is 15.3. The molecule has 0 radical (unpaired) electrons. The predicted octanol–water partition coefficient (Wildman–Crippen LogP) is 3.26. The van der Waals surface area contributed by atoms with Crippen molar-refractivity contribution in [3.63, 3.8) is 0 Å². The van der Waals surface area contributed by atoms with Crippen molar-refractivity contribution in [1.82, 2.24) is 4.98 Å². The molecule has 1 amide bonds. The van der Waals surface area contributed by atoms with E-state index >= 15 is 4.39 Å². The van der Waals surface area contributed by atoms with E-state index in [9.17, 15) is 17.6 Å². The zero-order valence-electron chi connectivity index (χ0n) is 16.6. The first kappa shape index (κ1) is 21.6. The third-order valence-electron chi connectivity index (χ3n) is 5.81. The van der Waals surface area contributed by atoms with Gasteiger partial charge in [-0.3, -0.25) is 9.79 Å². The van der Waals surface area contributed by atoms with Gasteiger partial charge < -0.3 is 11.1 Å². The fourth-order valence-corrected chi connectivity index (χ4v) is 6.25. The first-order valence-corrected chi connectivity index (χ1v) is 11.3. The quantitative estimate of drug-likeness (QED) is 0.717. The number of amidine groups is 1. The van der Waals surface area contributed by atoms with Crippen LogP contribution in [0.1, 0.15) is 41.4 Å². The monoisotopic (exact) mass is 468 g/mol. The van der Waals surface area contributed by atoms with Crippen molar-refractivity contribution in [1.29, 1.82) is 0 Å². The first-order valence-electron chi connectivity index (χ1n) is 9.39. The Morgan fingerprint density at radius 1 is 1.32 bits per heavy atom. The maximum Gasteiger partial charge on any atom is 0.274 e. The van der Waals surface area contributed by atoms with E-state index in [1.165, 1.54) is 19.2 Å². The molecule has 0 bridgehead atoms. The number of anilines is 1. The molecule has 3 N–H and O–H groups in total. The lowest BCUT2D eigenvalue weighted by Crippen LogP contribution is -2.54. The molecule has 1 fully saturated rings. The van der Waals surface area contributed by atoms with Gasteiger partial charge in [0.25, 0.3) is 5.91 Å². The highest BCUT2D eigenvalue weighted by Gasteiger charge is 2.67. The van der Waals surface area contributed by atoms with E-state index in [2.05, 4.69) is 15.3 Å². The number of nitrogens with zero attached hydrogens (tertiary/aromatic N) is 2. The van der Waals surface area contributed by atoms with Crippen molar-refractivity contribution in [3.8, 4) is 0 Å². The van der Waals surface area contributed by atoms with Gasteiger partial charge >= 0.3 is 0 Å². The van der Waals surface area contributed by atoms with Crippen molar-refractivity contribution >= 4 is 38.9 Å². The van der Waals surface area contributed by atoms with Gasteiger partial charge in [0.05, 0.1) is 5.02 Å². The Morgan fingerprint density at radius 3 is 2.61 bits per heavy atom. The number of aryl methyl sites for hydroxylation is 1. The summed E-state index contributed by atoms with van der Waals surface area (Å²) in [4.78, 5) is 20.7. The van der Waals surface area contributed by atoms with Crippen LogP contribution in [0.25, 0.3) is 0 Å². The lowest BCUT2D eigenvalue weighted by Gasteiger charge is -2.37. The predicted molar refractivity (Wildman–Crippen MR) is 113 cm³/mol. The molecule has 31 heavy (non-hydrogen) atoms. The molecular formula is C20H19ClF2N4O3S. The average molecular weight is 469 g/mol. The fourth-order valence-electron chi connectivity index (χ4n) is 3.84. The van der Waals surface area contributed by atoms with E-state index in [1.807, 2.05) is 0 Å². The van der Waals surface area contributed by atoms with Gasteiger partial charge in [-0.15, -0.1) is 0 Å². The van der Waals surface area contributed by atoms with Crippen LogP contribution in [0.15, 0.2) is 35.5 Å². The number of aliphatic imine (C=N–C) groups is 1. The molecule has 1 aliphatic carbocycles. The van der Waals surface area contributed by atoms with Gasteiger partial charge in [0.2, 0.25) is 5.50 Å². The molecule has 11 heteroatoms. The third-order valence-corrected chi connectivity index (χ3v) is 8.73. The number of aromatic nitrogens is 1. The summed E-state index contributed by atoms with van der Waals surface area (Å²) in [6.07, 6.45) is 1.69. The number of hydrogen-bond acceptors (Lipinski definition) is 6. The number of pyridine rings is 1. The van der Waals surface area contributed by atoms with Crippen molar-refractivity contribution in [2.75, 3.05) is 5.32 Å². The topological polar surface area (TPSA) is 115 Å². The third kappa shape index (κ3) is 3.20. The standard InChI is InChI=1S/C20H19ClF2N4O3S/c1-10-7-11(21)9-25-15(10)16(28)26-12-3-4-14(22)13(8-12)19(2)17(23)31(29,30)20(5-6-20)18(24)27-19/h3-4,7-9,17H,5-6H2,1-2H3,(H2,24,27)(H,26,28)/t17-,19-/m1/s1. The molecule has 2 heterocycles. The molecular weight excluding hydrogens is 450 g/mol. The SMILES string of the molecule is Cc1cc(Cl)cnc1C(=O)Nc1ccc(F)c([C@@]2(C)N=C(N)C3(CC3)S(=O)(=O)[C@H]2F)c1. The van der Waals surface area contributed by atoms with Gasteiger partial charge in [-0.2, -0.15) is 0 Å². The lowest BCUT2D eigenvalue weighted by molar-refractivity contribution is 0.102. The summed E-state index contributed by atoms with van der Waals surface area (Å²) in [5, 5.41) is 2.92. The summed E-state index contributed by atoms with van der Waals surface area (Å²) >= 11 is 5.85. The van der Waals surface area contributed by atoms with E-state index in [0.29, 0.717) is 10.6 Å². The molecule has 164 valence electrons.